The van der Waals surface area contributed by atoms with Crippen molar-refractivity contribution in [3.63, 3.8) is 0 Å². The number of likely N-dealkylation sites (tertiary alicyclic amines) is 1. The van der Waals surface area contributed by atoms with Crippen LogP contribution >= 0.6 is 11.3 Å². The summed E-state index contributed by atoms with van der Waals surface area (Å²) < 4.78 is 30.2. The van der Waals surface area contributed by atoms with E-state index in [4.69, 9.17) is 0 Å². The highest BCUT2D eigenvalue weighted by atomic mass is 32.2. The van der Waals surface area contributed by atoms with Crippen LogP contribution < -0.4 is 4.87 Å². The second-order valence-corrected chi connectivity index (χ2v) is 11.6. The van der Waals surface area contributed by atoms with E-state index in [2.05, 4.69) is 0 Å². The molecule has 2 amide bonds. The van der Waals surface area contributed by atoms with E-state index in [0.29, 0.717) is 50.3 Å². The van der Waals surface area contributed by atoms with E-state index < -0.39 is 10.0 Å². The highest BCUT2D eigenvalue weighted by Crippen LogP contribution is 2.26. The van der Waals surface area contributed by atoms with E-state index in [-0.39, 0.29) is 40.6 Å². The quantitative estimate of drug-likeness (QED) is 0.628. The van der Waals surface area contributed by atoms with E-state index in [1.807, 2.05) is 6.92 Å². The molecule has 180 valence electrons. The van der Waals surface area contributed by atoms with E-state index in [9.17, 15) is 22.8 Å². The van der Waals surface area contributed by atoms with Crippen molar-refractivity contribution in [3.8, 4) is 0 Å². The summed E-state index contributed by atoms with van der Waals surface area (Å²) in [6.07, 6.45) is 2.12. The van der Waals surface area contributed by atoms with Crippen LogP contribution in [0.5, 0.6) is 0 Å². The van der Waals surface area contributed by atoms with Crippen molar-refractivity contribution in [2.75, 3.05) is 39.3 Å². The van der Waals surface area contributed by atoms with E-state index in [1.54, 1.807) is 39.5 Å². The number of piperazine rings is 1. The molecular weight excluding hydrogens is 464 g/mol. The molecule has 4 rings (SSSR count). The second kappa shape index (κ2) is 9.55. The zero-order valence-corrected chi connectivity index (χ0v) is 20.7. The molecule has 3 heterocycles. The average molecular weight is 495 g/mol. The molecule has 2 aliphatic heterocycles. The number of benzene rings is 1. The molecule has 0 spiro atoms. The Morgan fingerprint density at radius 2 is 1.70 bits per heavy atom. The second-order valence-electron chi connectivity index (χ2n) is 8.66. The Kier molecular flexibility index (Phi) is 6.92. The normalized spacial score (nSPS) is 18.7. The SMILES string of the molecule is CCCn1c(=O)sc2cc(S(=O)(=O)N3CCN(C(=O)C4CCN(C(C)=O)CC4)CC3)ccc21. The minimum atomic E-state index is -3.71. The van der Waals surface area contributed by atoms with Crippen molar-refractivity contribution >= 4 is 43.4 Å². The number of piperidine rings is 1. The maximum atomic E-state index is 13.2. The van der Waals surface area contributed by atoms with Crippen LogP contribution in [0.2, 0.25) is 0 Å². The number of carbonyl (C=O) groups is 2. The van der Waals surface area contributed by atoms with Gasteiger partial charge in [-0.3, -0.25) is 19.0 Å². The fourth-order valence-corrected chi connectivity index (χ4v) is 7.12. The van der Waals surface area contributed by atoms with E-state index in [0.717, 1.165) is 23.3 Å². The largest absolute Gasteiger partial charge is 0.343 e. The van der Waals surface area contributed by atoms with Crippen LogP contribution in [0, 0.1) is 5.92 Å². The first-order chi connectivity index (χ1) is 15.7. The van der Waals surface area contributed by atoms with Gasteiger partial charge in [0, 0.05) is 58.7 Å². The van der Waals surface area contributed by atoms with Gasteiger partial charge in [0.05, 0.1) is 15.1 Å². The number of rotatable bonds is 5. The molecule has 11 heteroatoms. The molecule has 2 aromatic rings. The van der Waals surface area contributed by atoms with Gasteiger partial charge >= 0.3 is 4.87 Å². The lowest BCUT2D eigenvalue weighted by molar-refractivity contribution is -0.141. The first-order valence-corrected chi connectivity index (χ1v) is 13.7. The third-order valence-corrected chi connectivity index (χ3v) is 9.40. The summed E-state index contributed by atoms with van der Waals surface area (Å²) in [4.78, 5) is 40.3. The Morgan fingerprint density at radius 1 is 1.03 bits per heavy atom. The fraction of sp³-hybridized carbons (Fsp3) is 0.591. The van der Waals surface area contributed by atoms with Gasteiger partial charge < -0.3 is 9.80 Å². The van der Waals surface area contributed by atoms with Crippen molar-refractivity contribution in [3.05, 3.63) is 27.9 Å². The first kappa shape index (κ1) is 23.9. The topological polar surface area (TPSA) is 100 Å². The average Bonchev–Trinajstić information content (AvgIpc) is 3.13. The molecule has 0 aliphatic carbocycles. The van der Waals surface area contributed by atoms with Crippen LogP contribution in [0.4, 0.5) is 0 Å². The number of fused-ring (bicyclic) bond motifs is 1. The third kappa shape index (κ3) is 4.71. The minimum absolute atomic E-state index is 0.0344. The summed E-state index contributed by atoms with van der Waals surface area (Å²) in [5.74, 6) is -0.0214. The van der Waals surface area contributed by atoms with Gasteiger partial charge in [-0.05, 0) is 37.5 Å². The lowest BCUT2D eigenvalue weighted by Gasteiger charge is -2.38. The number of hydrogen-bond donors (Lipinski definition) is 0. The van der Waals surface area contributed by atoms with Gasteiger partial charge in [-0.15, -0.1) is 0 Å². The van der Waals surface area contributed by atoms with Gasteiger partial charge in [0.25, 0.3) is 0 Å². The summed E-state index contributed by atoms with van der Waals surface area (Å²) in [6.45, 7) is 6.52. The van der Waals surface area contributed by atoms with Crippen LogP contribution in [-0.4, -0.2) is 78.2 Å². The number of nitrogens with zero attached hydrogens (tertiary/aromatic N) is 4. The molecule has 0 unspecified atom stereocenters. The van der Waals surface area contributed by atoms with E-state index in [1.165, 1.54) is 4.31 Å². The van der Waals surface area contributed by atoms with Gasteiger partial charge in [-0.1, -0.05) is 18.3 Å². The Hall–Kier alpha value is -2.24. The predicted octanol–water partition coefficient (Wildman–Crippen LogP) is 1.56. The Bertz CT molecular complexity index is 1200. The number of sulfonamides is 1. The standard InChI is InChI=1S/C22H30N4O5S2/c1-3-8-26-19-5-4-18(15-20(19)32-22(26)29)33(30,31)25-13-11-24(12-14-25)21(28)17-6-9-23(10-7-17)16(2)27/h4-5,15,17H,3,6-14H2,1-2H3. The van der Waals surface area contributed by atoms with Gasteiger partial charge in [-0.25, -0.2) is 8.42 Å². The molecule has 2 aliphatic rings. The molecule has 9 nitrogen and oxygen atoms in total. The van der Waals surface area contributed by atoms with Crippen molar-refractivity contribution in [2.45, 2.75) is 44.6 Å². The van der Waals surface area contributed by atoms with Crippen LogP contribution in [0.25, 0.3) is 10.2 Å². The van der Waals surface area contributed by atoms with Crippen LogP contribution in [-0.2, 0) is 26.2 Å². The maximum Gasteiger partial charge on any atom is 0.308 e. The van der Waals surface area contributed by atoms with Crippen LogP contribution in [0.3, 0.4) is 0 Å². The monoisotopic (exact) mass is 494 g/mol. The van der Waals surface area contributed by atoms with Crippen molar-refractivity contribution in [2.24, 2.45) is 5.92 Å². The number of thiazole rings is 1. The smallest absolute Gasteiger partial charge is 0.308 e. The molecule has 0 atom stereocenters. The van der Waals surface area contributed by atoms with Crippen LogP contribution in [0.1, 0.15) is 33.1 Å². The van der Waals surface area contributed by atoms with Crippen molar-refractivity contribution < 1.29 is 18.0 Å². The summed E-state index contributed by atoms with van der Waals surface area (Å²) in [6, 6.07) is 4.86. The fourth-order valence-electron chi connectivity index (χ4n) is 4.64. The molecule has 0 N–H and O–H groups in total. The van der Waals surface area contributed by atoms with Crippen molar-refractivity contribution in [1.82, 2.24) is 18.7 Å². The summed E-state index contributed by atoms with van der Waals surface area (Å²) >= 11 is 1.06. The molecule has 2 saturated heterocycles. The zero-order chi connectivity index (χ0) is 23.8. The van der Waals surface area contributed by atoms with Gasteiger partial charge in [0.1, 0.15) is 0 Å². The van der Waals surface area contributed by atoms with Gasteiger partial charge in [-0.2, -0.15) is 4.31 Å². The lowest BCUT2D eigenvalue weighted by Crippen LogP contribution is -2.53. The molecule has 1 aromatic heterocycles. The maximum absolute atomic E-state index is 13.2. The number of hydrogen-bond acceptors (Lipinski definition) is 6. The summed E-state index contributed by atoms with van der Waals surface area (Å²) in [7, 11) is -3.71. The molecule has 33 heavy (non-hydrogen) atoms. The third-order valence-electron chi connectivity index (χ3n) is 6.56. The Morgan fingerprint density at radius 3 is 2.30 bits per heavy atom. The molecule has 0 saturated carbocycles. The Balaban J connectivity index is 1.41. The van der Waals surface area contributed by atoms with Gasteiger partial charge in [0.15, 0.2) is 0 Å². The highest BCUT2D eigenvalue weighted by Gasteiger charge is 2.34. The molecular formula is C22H30N4O5S2. The van der Waals surface area contributed by atoms with Crippen LogP contribution in [0.15, 0.2) is 27.9 Å². The minimum Gasteiger partial charge on any atom is -0.343 e. The number of aryl methyl sites for hydroxylation is 1. The molecule has 0 radical (unpaired) electrons. The summed E-state index contributed by atoms with van der Waals surface area (Å²) in [5, 5.41) is 0. The van der Waals surface area contributed by atoms with Crippen molar-refractivity contribution in [1.29, 1.82) is 0 Å². The number of carbonyl (C=O) groups excluding carboxylic acids is 2. The summed E-state index contributed by atoms with van der Waals surface area (Å²) in [5.41, 5.74) is 0.761. The van der Waals surface area contributed by atoms with E-state index >= 15 is 0 Å². The molecule has 0 bridgehead atoms. The highest BCUT2D eigenvalue weighted by molar-refractivity contribution is 7.89. The lowest BCUT2D eigenvalue weighted by atomic mass is 9.95. The van der Waals surface area contributed by atoms with Gasteiger partial charge in [0.2, 0.25) is 21.8 Å². The first-order valence-electron chi connectivity index (χ1n) is 11.4. The number of amides is 2. The number of aromatic nitrogens is 1. The predicted molar refractivity (Wildman–Crippen MR) is 127 cm³/mol. The zero-order valence-electron chi connectivity index (χ0n) is 19.0. The Labute approximate surface area is 197 Å². The molecule has 2 fully saturated rings. The molecule has 1 aromatic carbocycles.